The smallest absolute Gasteiger partial charge is 0.251 e. The van der Waals surface area contributed by atoms with Gasteiger partial charge in [-0.1, -0.05) is 5.21 Å². The summed E-state index contributed by atoms with van der Waals surface area (Å²) in [5.74, 6) is 0.542. The highest BCUT2D eigenvalue weighted by Crippen LogP contribution is 2.34. The van der Waals surface area contributed by atoms with Gasteiger partial charge in [0.05, 0.1) is 39.2 Å². The lowest BCUT2D eigenvalue weighted by Gasteiger charge is -2.18. The molecule has 4 rings (SSSR count). The van der Waals surface area contributed by atoms with E-state index in [-0.39, 0.29) is 30.2 Å². The van der Waals surface area contributed by atoms with Crippen LogP contribution in [0, 0.1) is 0 Å². The van der Waals surface area contributed by atoms with Gasteiger partial charge in [-0.2, -0.15) is 0 Å². The predicted octanol–water partition coefficient (Wildman–Crippen LogP) is 0.570. The van der Waals surface area contributed by atoms with Gasteiger partial charge in [0.2, 0.25) is 0 Å². The van der Waals surface area contributed by atoms with E-state index in [2.05, 4.69) is 15.6 Å². The minimum atomic E-state index is -0.215. The van der Waals surface area contributed by atoms with E-state index in [1.165, 1.54) is 0 Å². The Kier molecular flexibility index (Phi) is 5.06. The summed E-state index contributed by atoms with van der Waals surface area (Å²) in [5.41, 5.74) is 1.32. The Bertz CT molecular complexity index is 793. The van der Waals surface area contributed by atoms with Crippen molar-refractivity contribution >= 4 is 5.91 Å². The highest BCUT2D eigenvalue weighted by Gasteiger charge is 2.49. The van der Waals surface area contributed by atoms with E-state index in [1.807, 2.05) is 6.20 Å². The molecule has 144 valence electrons. The van der Waals surface area contributed by atoms with Crippen LogP contribution in [-0.4, -0.2) is 66.6 Å². The van der Waals surface area contributed by atoms with Gasteiger partial charge in [0.15, 0.2) is 0 Å². The van der Waals surface area contributed by atoms with Crippen LogP contribution in [0.2, 0.25) is 0 Å². The second-order valence-electron chi connectivity index (χ2n) is 6.59. The van der Waals surface area contributed by atoms with Crippen molar-refractivity contribution in [3.05, 3.63) is 41.7 Å². The molecule has 2 aliphatic rings. The summed E-state index contributed by atoms with van der Waals surface area (Å²) < 4.78 is 23.8. The Morgan fingerprint density at radius 2 is 2.00 bits per heavy atom. The first-order chi connectivity index (χ1) is 13.2. The fourth-order valence-corrected chi connectivity index (χ4v) is 3.51. The van der Waals surface area contributed by atoms with Crippen molar-refractivity contribution in [1.29, 1.82) is 0 Å². The number of fused-ring (bicyclic) bond motifs is 1. The summed E-state index contributed by atoms with van der Waals surface area (Å²) in [5, 5.41) is 11.2. The molecule has 0 unspecified atom stereocenters. The first-order valence-corrected chi connectivity index (χ1v) is 8.77. The predicted molar refractivity (Wildman–Crippen MR) is 93.5 cm³/mol. The molecule has 0 saturated carbocycles. The highest BCUT2D eigenvalue weighted by atomic mass is 16.6. The third-order valence-corrected chi connectivity index (χ3v) is 4.89. The van der Waals surface area contributed by atoms with Crippen LogP contribution in [0.1, 0.15) is 22.1 Å². The number of carbonyl (C=O) groups is 1. The van der Waals surface area contributed by atoms with Crippen LogP contribution in [0.25, 0.3) is 0 Å². The SMILES string of the molecule is COCc1cn([C@@H]2CO[C@@H]3[C@@H]2OC[C@@H]3NC(=O)c2ccc(OC)cc2)nn1. The second-order valence-corrected chi connectivity index (χ2v) is 6.59. The quantitative estimate of drug-likeness (QED) is 0.790. The maximum absolute atomic E-state index is 12.5. The number of nitrogens with one attached hydrogen (secondary N) is 1. The van der Waals surface area contributed by atoms with Crippen LogP contribution in [0.4, 0.5) is 0 Å². The third kappa shape index (κ3) is 3.53. The van der Waals surface area contributed by atoms with Crippen molar-refractivity contribution in [2.75, 3.05) is 27.4 Å². The molecule has 3 heterocycles. The van der Waals surface area contributed by atoms with E-state index in [1.54, 1.807) is 43.2 Å². The third-order valence-electron chi connectivity index (χ3n) is 4.89. The number of hydrogen-bond acceptors (Lipinski definition) is 7. The van der Waals surface area contributed by atoms with Crippen LogP contribution < -0.4 is 10.1 Å². The zero-order valence-corrected chi connectivity index (χ0v) is 15.2. The topological polar surface area (TPSA) is 96.7 Å². The van der Waals surface area contributed by atoms with Gasteiger partial charge in [-0.3, -0.25) is 4.79 Å². The van der Waals surface area contributed by atoms with Gasteiger partial charge in [0.25, 0.3) is 5.91 Å². The Balaban J connectivity index is 1.40. The van der Waals surface area contributed by atoms with Crippen LogP contribution in [0.3, 0.4) is 0 Å². The largest absolute Gasteiger partial charge is 0.497 e. The minimum absolute atomic E-state index is 0.0732. The van der Waals surface area contributed by atoms with Crippen LogP contribution in [0.5, 0.6) is 5.75 Å². The summed E-state index contributed by atoms with van der Waals surface area (Å²) in [4.78, 5) is 12.5. The van der Waals surface area contributed by atoms with Crippen molar-refractivity contribution in [1.82, 2.24) is 20.3 Å². The number of hydrogen-bond donors (Lipinski definition) is 1. The van der Waals surface area contributed by atoms with Crippen molar-refractivity contribution in [2.45, 2.75) is 30.9 Å². The molecule has 4 atom stereocenters. The molecule has 1 amide bonds. The summed E-state index contributed by atoms with van der Waals surface area (Å²) in [6.07, 6.45) is 1.45. The molecular weight excluding hydrogens is 352 g/mol. The van der Waals surface area contributed by atoms with Gasteiger partial charge in [-0.25, -0.2) is 4.68 Å². The minimum Gasteiger partial charge on any atom is -0.497 e. The van der Waals surface area contributed by atoms with Crippen LogP contribution >= 0.6 is 0 Å². The van der Waals surface area contributed by atoms with Crippen molar-refractivity contribution in [3.8, 4) is 5.75 Å². The Hall–Kier alpha value is -2.49. The number of aromatic nitrogens is 3. The summed E-state index contributed by atoms with van der Waals surface area (Å²) in [6.45, 7) is 1.26. The van der Waals surface area contributed by atoms with Crippen LogP contribution in [0.15, 0.2) is 30.5 Å². The zero-order chi connectivity index (χ0) is 18.8. The zero-order valence-electron chi connectivity index (χ0n) is 15.2. The van der Waals surface area contributed by atoms with E-state index < -0.39 is 0 Å². The van der Waals surface area contributed by atoms with E-state index in [9.17, 15) is 4.79 Å². The first kappa shape index (κ1) is 17.9. The van der Waals surface area contributed by atoms with E-state index in [4.69, 9.17) is 18.9 Å². The average Bonchev–Trinajstić information content (AvgIpc) is 3.40. The number of benzene rings is 1. The molecule has 9 heteroatoms. The van der Waals surface area contributed by atoms with E-state index >= 15 is 0 Å². The van der Waals surface area contributed by atoms with Gasteiger partial charge < -0.3 is 24.3 Å². The highest BCUT2D eigenvalue weighted by molar-refractivity contribution is 5.94. The molecule has 2 aromatic rings. The van der Waals surface area contributed by atoms with Gasteiger partial charge in [-0.15, -0.1) is 5.10 Å². The maximum atomic E-state index is 12.5. The lowest BCUT2D eigenvalue weighted by molar-refractivity contribution is 0.0613. The van der Waals surface area contributed by atoms with Crippen molar-refractivity contribution in [2.24, 2.45) is 0 Å². The first-order valence-electron chi connectivity index (χ1n) is 8.77. The monoisotopic (exact) mass is 374 g/mol. The second kappa shape index (κ2) is 7.63. The summed E-state index contributed by atoms with van der Waals surface area (Å²) in [6, 6.07) is 6.69. The molecule has 1 aromatic carbocycles. The lowest BCUT2D eigenvalue weighted by Crippen LogP contribution is -2.44. The molecule has 2 saturated heterocycles. The molecule has 1 N–H and O–H groups in total. The Labute approximate surface area is 156 Å². The fourth-order valence-electron chi connectivity index (χ4n) is 3.51. The van der Waals surface area contributed by atoms with E-state index in [0.29, 0.717) is 31.1 Å². The van der Waals surface area contributed by atoms with E-state index in [0.717, 1.165) is 5.69 Å². The number of rotatable bonds is 6. The molecule has 9 nitrogen and oxygen atoms in total. The molecule has 2 aliphatic heterocycles. The number of carbonyl (C=O) groups excluding carboxylic acids is 1. The number of nitrogens with zero attached hydrogens (tertiary/aromatic N) is 3. The molecule has 2 fully saturated rings. The molecule has 0 bridgehead atoms. The van der Waals surface area contributed by atoms with Gasteiger partial charge in [0.1, 0.15) is 29.7 Å². The van der Waals surface area contributed by atoms with Crippen LogP contribution in [-0.2, 0) is 20.8 Å². The normalized spacial score (nSPS) is 26.7. The Morgan fingerprint density at radius 3 is 2.74 bits per heavy atom. The standard InChI is InChI=1S/C18H22N4O5/c1-24-8-12-7-22(21-20-12)15-10-27-16-14(9-26-17(15)16)19-18(23)11-3-5-13(25-2)6-4-11/h3-7,14-17H,8-10H2,1-2H3,(H,19,23)/t14-,15+,16-,17+/m0/s1. The Morgan fingerprint density at radius 1 is 1.22 bits per heavy atom. The molecule has 0 spiro atoms. The summed E-state index contributed by atoms with van der Waals surface area (Å²) >= 11 is 0. The number of ether oxygens (including phenoxy) is 4. The molecule has 27 heavy (non-hydrogen) atoms. The van der Waals surface area contributed by atoms with Gasteiger partial charge in [0, 0.05) is 12.7 Å². The molecular formula is C18H22N4O5. The molecule has 0 aliphatic carbocycles. The number of methoxy groups -OCH3 is 2. The van der Waals surface area contributed by atoms with Gasteiger partial charge >= 0.3 is 0 Å². The average molecular weight is 374 g/mol. The summed E-state index contributed by atoms with van der Waals surface area (Å²) in [7, 11) is 3.20. The molecule has 1 aromatic heterocycles. The van der Waals surface area contributed by atoms with Crippen molar-refractivity contribution in [3.63, 3.8) is 0 Å². The lowest BCUT2D eigenvalue weighted by atomic mass is 10.1. The van der Waals surface area contributed by atoms with Gasteiger partial charge in [-0.05, 0) is 24.3 Å². The fraction of sp³-hybridized carbons (Fsp3) is 0.500. The molecule has 0 radical (unpaired) electrons. The number of amides is 1. The van der Waals surface area contributed by atoms with Crippen molar-refractivity contribution < 1.29 is 23.7 Å². The maximum Gasteiger partial charge on any atom is 0.251 e.